The van der Waals surface area contributed by atoms with Gasteiger partial charge in [0.25, 0.3) is 5.91 Å². The molecule has 0 spiro atoms. The van der Waals surface area contributed by atoms with Crippen LogP contribution in [0.5, 0.6) is 5.75 Å². The van der Waals surface area contributed by atoms with E-state index in [9.17, 15) is 10.1 Å². The van der Waals surface area contributed by atoms with Gasteiger partial charge in [0.2, 0.25) is 0 Å². The quantitative estimate of drug-likeness (QED) is 0.591. The fourth-order valence-electron chi connectivity index (χ4n) is 2.45. The number of benzene rings is 1. The Labute approximate surface area is 142 Å². The molecule has 6 heteroatoms. The van der Waals surface area contributed by atoms with Crippen LogP contribution >= 0.6 is 0 Å². The van der Waals surface area contributed by atoms with E-state index in [0.717, 1.165) is 30.8 Å². The van der Waals surface area contributed by atoms with Gasteiger partial charge < -0.3 is 20.1 Å². The van der Waals surface area contributed by atoms with E-state index in [-0.39, 0.29) is 23.6 Å². The van der Waals surface area contributed by atoms with Crippen LogP contribution in [0.25, 0.3) is 0 Å². The molecule has 6 nitrogen and oxygen atoms in total. The van der Waals surface area contributed by atoms with Crippen molar-refractivity contribution in [2.75, 3.05) is 20.3 Å². The number of nitrogens with one attached hydrogen (secondary N) is 2. The Kier molecular flexibility index (Phi) is 6.64. The van der Waals surface area contributed by atoms with Gasteiger partial charge in [-0.2, -0.15) is 5.26 Å². The van der Waals surface area contributed by atoms with Crippen molar-refractivity contribution in [3.63, 3.8) is 0 Å². The topological polar surface area (TPSA) is 83.4 Å². The number of nitrogens with zero attached hydrogens (tertiary/aromatic N) is 1. The average molecular weight is 329 g/mol. The third kappa shape index (κ3) is 5.00. The highest BCUT2D eigenvalue weighted by Gasteiger charge is 2.17. The lowest BCUT2D eigenvalue weighted by Gasteiger charge is -2.14. The van der Waals surface area contributed by atoms with E-state index >= 15 is 0 Å². The van der Waals surface area contributed by atoms with Crippen molar-refractivity contribution in [3.8, 4) is 11.8 Å². The Balaban J connectivity index is 1.88. The molecule has 0 aliphatic carbocycles. The molecule has 2 atom stereocenters. The maximum atomic E-state index is 12.0. The summed E-state index contributed by atoms with van der Waals surface area (Å²) in [6.45, 7) is 3.13. The molecule has 2 unspecified atom stereocenters. The van der Waals surface area contributed by atoms with Crippen molar-refractivity contribution in [3.05, 3.63) is 41.6 Å². The molecule has 0 aromatic heterocycles. The second kappa shape index (κ2) is 8.94. The van der Waals surface area contributed by atoms with Gasteiger partial charge in [-0.1, -0.05) is 12.1 Å². The standard InChI is InChI=1S/C18H23N3O3/c1-13(14-5-7-16(23-2)8-6-14)20-11-15(10-19)18(22)21-12-17-4-3-9-24-17/h5-8,11,13,17,20H,3-4,9,12H2,1-2H3,(H,21,22)/b15-11-. The Hall–Kier alpha value is -2.52. The van der Waals surface area contributed by atoms with E-state index in [1.165, 1.54) is 6.20 Å². The number of methoxy groups -OCH3 is 1. The first-order valence-electron chi connectivity index (χ1n) is 8.04. The highest BCUT2D eigenvalue weighted by molar-refractivity contribution is 5.97. The summed E-state index contributed by atoms with van der Waals surface area (Å²) in [5.41, 5.74) is 1.08. The van der Waals surface area contributed by atoms with E-state index < -0.39 is 0 Å². The van der Waals surface area contributed by atoms with Crippen molar-refractivity contribution >= 4 is 5.91 Å². The number of nitriles is 1. The van der Waals surface area contributed by atoms with Crippen LogP contribution in [0.4, 0.5) is 0 Å². The van der Waals surface area contributed by atoms with Gasteiger partial charge >= 0.3 is 0 Å². The number of hydrogen-bond donors (Lipinski definition) is 2. The highest BCUT2D eigenvalue weighted by Crippen LogP contribution is 2.17. The SMILES string of the molecule is COc1ccc(C(C)N/C=C(/C#N)C(=O)NCC2CCCO2)cc1. The molecule has 1 aromatic rings. The predicted octanol–water partition coefficient (Wildman–Crippen LogP) is 2.05. The summed E-state index contributed by atoms with van der Waals surface area (Å²) in [5, 5.41) is 15.0. The Bertz CT molecular complexity index is 613. The number of hydrogen-bond acceptors (Lipinski definition) is 5. The molecular weight excluding hydrogens is 306 g/mol. The summed E-state index contributed by atoms with van der Waals surface area (Å²) in [5.74, 6) is 0.398. The van der Waals surface area contributed by atoms with Gasteiger partial charge in [0, 0.05) is 25.4 Å². The van der Waals surface area contributed by atoms with Gasteiger partial charge in [-0.3, -0.25) is 4.79 Å². The first kappa shape index (κ1) is 17.8. The second-order valence-electron chi connectivity index (χ2n) is 5.68. The third-order valence-electron chi connectivity index (χ3n) is 3.97. The summed E-state index contributed by atoms with van der Waals surface area (Å²) in [7, 11) is 1.62. The molecule has 0 radical (unpaired) electrons. The maximum absolute atomic E-state index is 12.0. The highest BCUT2D eigenvalue weighted by atomic mass is 16.5. The van der Waals surface area contributed by atoms with Gasteiger partial charge in [0.1, 0.15) is 17.4 Å². The molecule has 2 N–H and O–H groups in total. The van der Waals surface area contributed by atoms with Gasteiger partial charge in [-0.15, -0.1) is 0 Å². The predicted molar refractivity (Wildman–Crippen MR) is 90.2 cm³/mol. The van der Waals surface area contributed by atoms with E-state index in [0.29, 0.717) is 6.54 Å². The van der Waals surface area contributed by atoms with Crippen molar-refractivity contribution in [2.45, 2.75) is 31.9 Å². The van der Waals surface area contributed by atoms with Gasteiger partial charge in [-0.25, -0.2) is 0 Å². The molecular formula is C18H23N3O3. The van der Waals surface area contributed by atoms with E-state index in [1.54, 1.807) is 7.11 Å². The molecule has 24 heavy (non-hydrogen) atoms. The molecule has 1 fully saturated rings. The van der Waals surface area contributed by atoms with Gasteiger partial charge in [0.15, 0.2) is 0 Å². The minimum atomic E-state index is -0.387. The smallest absolute Gasteiger partial charge is 0.263 e. The minimum absolute atomic E-state index is 0.0368. The first-order chi connectivity index (χ1) is 11.6. The molecule has 1 aliphatic heterocycles. The summed E-state index contributed by atoms with van der Waals surface area (Å²) in [4.78, 5) is 12.0. The number of carbonyl (C=O) groups excluding carboxylic acids is 1. The lowest BCUT2D eigenvalue weighted by atomic mass is 10.1. The number of amides is 1. The van der Waals surface area contributed by atoms with Crippen LogP contribution in [0, 0.1) is 11.3 Å². The van der Waals surface area contributed by atoms with Gasteiger partial charge in [-0.05, 0) is 37.5 Å². The summed E-state index contributed by atoms with van der Waals surface area (Å²) in [6.07, 6.45) is 3.47. The van der Waals surface area contributed by atoms with Crippen LogP contribution in [-0.2, 0) is 9.53 Å². The fraction of sp³-hybridized carbons (Fsp3) is 0.444. The number of carbonyl (C=O) groups is 1. The Morgan fingerprint density at radius 3 is 2.83 bits per heavy atom. The molecule has 1 saturated heterocycles. The van der Waals surface area contributed by atoms with Crippen molar-refractivity contribution in [1.82, 2.24) is 10.6 Å². The Morgan fingerprint density at radius 2 is 2.25 bits per heavy atom. The van der Waals surface area contributed by atoms with Gasteiger partial charge in [0.05, 0.1) is 13.2 Å². The normalized spacial score (nSPS) is 18.5. The zero-order valence-electron chi connectivity index (χ0n) is 14.0. The molecule has 1 heterocycles. The van der Waals surface area contributed by atoms with Crippen LogP contribution in [0.3, 0.4) is 0 Å². The van der Waals surface area contributed by atoms with Crippen LogP contribution in [0.1, 0.15) is 31.4 Å². The summed E-state index contributed by atoms with van der Waals surface area (Å²) < 4.78 is 10.6. The first-order valence-corrected chi connectivity index (χ1v) is 8.04. The van der Waals surface area contributed by atoms with E-state index in [1.807, 2.05) is 37.3 Å². The van der Waals surface area contributed by atoms with Crippen LogP contribution < -0.4 is 15.4 Å². The number of rotatable bonds is 7. The van der Waals surface area contributed by atoms with Crippen LogP contribution in [0.2, 0.25) is 0 Å². The largest absolute Gasteiger partial charge is 0.497 e. The summed E-state index contributed by atoms with van der Waals surface area (Å²) >= 11 is 0. The second-order valence-corrected chi connectivity index (χ2v) is 5.68. The van der Waals surface area contributed by atoms with Crippen molar-refractivity contribution in [2.24, 2.45) is 0 Å². The lowest BCUT2D eigenvalue weighted by Crippen LogP contribution is -2.33. The lowest BCUT2D eigenvalue weighted by molar-refractivity contribution is -0.117. The van der Waals surface area contributed by atoms with E-state index in [2.05, 4.69) is 10.6 Å². The molecule has 0 bridgehead atoms. The van der Waals surface area contributed by atoms with Crippen molar-refractivity contribution < 1.29 is 14.3 Å². The molecule has 0 saturated carbocycles. The molecule has 2 rings (SSSR count). The maximum Gasteiger partial charge on any atom is 0.263 e. The zero-order valence-corrected chi connectivity index (χ0v) is 14.0. The molecule has 1 aromatic carbocycles. The third-order valence-corrected chi connectivity index (χ3v) is 3.97. The van der Waals surface area contributed by atoms with E-state index in [4.69, 9.17) is 9.47 Å². The molecule has 1 amide bonds. The fourth-order valence-corrected chi connectivity index (χ4v) is 2.45. The Morgan fingerprint density at radius 1 is 1.50 bits per heavy atom. The van der Waals surface area contributed by atoms with Crippen LogP contribution in [0.15, 0.2) is 36.0 Å². The number of ether oxygens (including phenoxy) is 2. The monoisotopic (exact) mass is 329 g/mol. The summed E-state index contributed by atoms with van der Waals surface area (Å²) in [6, 6.07) is 9.51. The van der Waals surface area contributed by atoms with Crippen LogP contribution in [-0.4, -0.2) is 32.3 Å². The molecule has 1 aliphatic rings. The minimum Gasteiger partial charge on any atom is -0.497 e. The molecule has 128 valence electrons. The zero-order chi connectivity index (χ0) is 17.4. The van der Waals surface area contributed by atoms with Crippen molar-refractivity contribution in [1.29, 1.82) is 5.26 Å². The average Bonchev–Trinajstić information content (AvgIpc) is 3.14.